The highest BCUT2D eigenvalue weighted by molar-refractivity contribution is 7.15. The summed E-state index contributed by atoms with van der Waals surface area (Å²) >= 11 is 1.71. The fraction of sp³-hybridized carbons (Fsp3) is 0.381. The molecule has 1 aromatic carbocycles. The molecule has 4 rings (SSSR count). The quantitative estimate of drug-likeness (QED) is 0.651. The van der Waals surface area contributed by atoms with Gasteiger partial charge in [0.05, 0.1) is 11.6 Å². The van der Waals surface area contributed by atoms with Gasteiger partial charge in [0.15, 0.2) is 5.13 Å². The molecule has 0 aliphatic carbocycles. The Morgan fingerprint density at radius 3 is 2.83 bits per heavy atom. The molecule has 1 amide bonds. The molecule has 152 valence electrons. The smallest absolute Gasteiger partial charge is 0.228 e. The van der Waals surface area contributed by atoms with Crippen molar-refractivity contribution in [2.75, 3.05) is 37.4 Å². The number of likely N-dealkylation sites (tertiary alicyclic amines) is 1. The molecule has 3 aromatic rings. The lowest BCUT2D eigenvalue weighted by Crippen LogP contribution is -2.40. The third-order valence-electron chi connectivity index (χ3n) is 5.14. The van der Waals surface area contributed by atoms with Crippen LogP contribution in [0.2, 0.25) is 0 Å². The predicted octanol–water partition coefficient (Wildman–Crippen LogP) is 3.45. The first-order valence-corrected chi connectivity index (χ1v) is 10.6. The summed E-state index contributed by atoms with van der Waals surface area (Å²) in [5.41, 5.74) is 2.84. The Morgan fingerprint density at radius 2 is 2.14 bits per heavy atom. The van der Waals surface area contributed by atoms with E-state index in [0.29, 0.717) is 0 Å². The lowest BCUT2D eigenvalue weighted by atomic mass is 9.97. The monoisotopic (exact) mass is 410 g/mol. The second kappa shape index (κ2) is 8.75. The van der Waals surface area contributed by atoms with E-state index in [4.69, 9.17) is 0 Å². The van der Waals surface area contributed by atoms with Crippen molar-refractivity contribution < 1.29 is 4.79 Å². The molecule has 1 fully saturated rings. The van der Waals surface area contributed by atoms with Crippen LogP contribution in [0.15, 0.2) is 42.7 Å². The van der Waals surface area contributed by atoms with Crippen molar-refractivity contribution in [3.8, 4) is 11.3 Å². The lowest BCUT2D eigenvalue weighted by molar-refractivity contribution is -0.121. The van der Waals surface area contributed by atoms with Gasteiger partial charge in [-0.1, -0.05) is 12.1 Å². The number of aromatic nitrogens is 3. The standard InChI is InChI=1S/C21H26N6OS/c1-26(2)21-22-12-18(29-21)14-27-11-3-4-16(13-27)20(28)24-17-7-5-15(6-8-17)19-9-10-23-25-19/h5-10,12,16H,3-4,11,13-14H2,1-2H3,(H,23,25)(H,24,28). The lowest BCUT2D eigenvalue weighted by Gasteiger charge is -2.31. The number of anilines is 2. The highest BCUT2D eigenvalue weighted by Crippen LogP contribution is 2.25. The van der Waals surface area contributed by atoms with Crippen molar-refractivity contribution in [3.63, 3.8) is 0 Å². The molecule has 1 unspecified atom stereocenters. The minimum Gasteiger partial charge on any atom is -0.354 e. The van der Waals surface area contributed by atoms with Crippen molar-refractivity contribution in [2.45, 2.75) is 19.4 Å². The number of nitrogens with zero attached hydrogens (tertiary/aromatic N) is 4. The van der Waals surface area contributed by atoms with Crippen LogP contribution in [-0.4, -0.2) is 53.2 Å². The number of nitrogens with one attached hydrogen (secondary N) is 2. The van der Waals surface area contributed by atoms with E-state index in [1.165, 1.54) is 4.88 Å². The first kappa shape index (κ1) is 19.6. The second-order valence-corrected chi connectivity index (χ2v) is 8.71. The summed E-state index contributed by atoms with van der Waals surface area (Å²) in [5, 5.41) is 11.0. The van der Waals surface area contributed by atoms with Gasteiger partial charge in [-0.3, -0.25) is 14.8 Å². The molecule has 1 saturated heterocycles. The summed E-state index contributed by atoms with van der Waals surface area (Å²) in [6.45, 7) is 2.67. The molecule has 0 saturated carbocycles. The van der Waals surface area contributed by atoms with Gasteiger partial charge < -0.3 is 10.2 Å². The maximum Gasteiger partial charge on any atom is 0.228 e. The molecule has 3 heterocycles. The zero-order chi connectivity index (χ0) is 20.2. The third kappa shape index (κ3) is 4.83. The van der Waals surface area contributed by atoms with Crippen LogP contribution in [0.4, 0.5) is 10.8 Å². The Morgan fingerprint density at radius 1 is 1.31 bits per heavy atom. The van der Waals surface area contributed by atoms with Gasteiger partial charge in [0.25, 0.3) is 0 Å². The zero-order valence-corrected chi connectivity index (χ0v) is 17.6. The second-order valence-electron chi connectivity index (χ2n) is 7.61. The molecule has 1 atom stereocenters. The first-order valence-electron chi connectivity index (χ1n) is 9.83. The van der Waals surface area contributed by atoms with Crippen LogP contribution in [0.3, 0.4) is 0 Å². The van der Waals surface area contributed by atoms with E-state index in [9.17, 15) is 4.79 Å². The van der Waals surface area contributed by atoms with Gasteiger partial charge in [-0.05, 0) is 43.1 Å². The number of carbonyl (C=O) groups is 1. The summed E-state index contributed by atoms with van der Waals surface area (Å²) in [5.74, 6) is 0.111. The number of thiazole rings is 1. The van der Waals surface area contributed by atoms with E-state index in [0.717, 1.165) is 54.6 Å². The number of piperidine rings is 1. The topological polar surface area (TPSA) is 77.2 Å². The average molecular weight is 411 g/mol. The van der Waals surface area contributed by atoms with E-state index in [1.54, 1.807) is 17.5 Å². The normalized spacial score (nSPS) is 17.2. The molecular formula is C21H26N6OS. The van der Waals surface area contributed by atoms with Crippen LogP contribution in [0.5, 0.6) is 0 Å². The molecule has 0 bridgehead atoms. The van der Waals surface area contributed by atoms with E-state index >= 15 is 0 Å². The van der Waals surface area contributed by atoms with Crippen molar-refractivity contribution in [1.29, 1.82) is 0 Å². The predicted molar refractivity (Wildman–Crippen MR) is 117 cm³/mol. The maximum absolute atomic E-state index is 12.8. The molecule has 2 aromatic heterocycles. The number of benzene rings is 1. The van der Waals surface area contributed by atoms with E-state index in [2.05, 4.69) is 25.4 Å². The minimum absolute atomic E-state index is 0.0114. The van der Waals surface area contributed by atoms with Crippen molar-refractivity contribution >= 4 is 28.1 Å². The number of hydrogen-bond acceptors (Lipinski definition) is 6. The number of rotatable bonds is 6. The fourth-order valence-electron chi connectivity index (χ4n) is 3.60. The zero-order valence-electron chi connectivity index (χ0n) is 16.8. The Hall–Kier alpha value is -2.71. The molecule has 1 aliphatic rings. The van der Waals surface area contributed by atoms with E-state index < -0.39 is 0 Å². The summed E-state index contributed by atoms with van der Waals surface area (Å²) in [4.78, 5) is 22.9. The summed E-state index contributed by atoms with van der Waals surface area (Å²) in [6, 6.07) is 9.78. The Labute approximate surface area is 174 Å². The Kier molecular flexibility index (Phi) is 5.92. The van der Waals surface area contributed by atoms with Crippen molar-refractivity contribution in [3.05, 3.63) is 47.6 Å². The molecule has 8 heteroatoms. The number of hydrogen-bond donors (Lipinski definition) is 2. The highest BCUT2D eigenvalue weighted by atomic mass is 32.1. The van der Waals surface area contributed by atoms with Crippen LogP contribution < -0.4 is 10.2 Å². The van der Waals surface area contributed by atoms with Crippen LogP contribution in [0.25, 0.3) is 11.3 Å². The molecule has 1 aliphatic heterocycles. The van der Waals surface area contributed by atoms with Gasteiger partial charge in [-0.25, -0.2) is 4.98 Å². The molecule has 2 N–H and O–H groups in total. The van der Waals surface area contributed by atoms with Crippen LogP contribution in [-0.2, 0) is 11.3 Å². The van der Waals surface area contributed by atoms with Gasteiger partial charge >= 0.3 is 0 Å². The van der Waals surface area contributed by atoms with Gasteiger partial charge in [0.1, 0.15) is 0 Å². The Balaban J connectivity index is 1.33. The molecule has 7 nitrogen and oxygen atoms in total. The number of carbonyl (C=O) groups excluding carboxylic acids is 1. The SMILES string of the molecule is CN(C)c1ncc(CN2CCCC(C(=O)Nc3ccc(-c4ccn[nH]4)cc3)C2)s1. The van der Waals surface area contributed by atoms with Gasteiger partial charge in [-0.2, -0.15) is 5.10 Å². The Bertz CT molecular complexity index is 935. The fourth-order valence-corrected chi connectivity index (χ4v) is 4.48. The van der Waals surface area contributed by atoms with Gasteiger partial charge in [0.2, 0.25) is 5.91 Å². The van der Waals surface area contributed by atoms with Crippen LogP contribution >= 0.6 is 11.3 Å². The van der Waals surface area contributed by atoms with Crippen LogP contribution in [0, 0.1) is 5.92 Å². The molecule has 0 spiro atoms. The first-order chi connectivity index (χ1) is 14.1. The minimum atomic E-state index is 0.0114. The number of aromatic amines is 1. The third-order valence-corrected chi connectivity index (χ3v) is 6.29. The summed E-state index contributed by atoms with van der Waals surface area (Å²) in [6.07, 6.45) is 5.65. The van der Waals surface area contributed by atoms with Crippen molar-refractivity contribution in [1.82, 2.24) is 20.1 Å². The van der Waals surface area contributed by atoms with Gasteiger partial charge in [-0.15, -0.1) is 11.3 Å². The van der Waals surface area contributed by atoms with Crippen molar-refractivity contribution in [2.24, 2.45) is 5.92 Å². The summed E-state index contributed by atoms with van der Waals surface area (Å²) in [7, 11) is 4.01. The van der Waals surface area contributed by atoms with E-state index in [1.807, 2.05) is 55.5 Å². The largest absolute Gasteiger partial charge is 0.354 e. The average Bonchev–Trinajstić information content (AvgIpc) is 3.41. The molecule has 29 heavy (non-hydrogen) atoms. The van der Waals surface area contributed by atoms with E-state index in [-0.39, 0.29) is 11.8 Å². The van der Waals surface area contributed by atoms with Crippen LogP contribution in [0.1, 0.15) is 17.7 Å². The summed E-state index contributed by atoms with van der Waals surface area (Å²) < 4.78 is 0. The molecule has 0 radical (unpaired) electrons. The number of H-pyrrole nitrogens is 1. The molecular weight excluding hydrogens is 384 g/mol. The maximum atomic E-state index is 12.8. The van der Waals surface area contributed by atoms with Gasteiger partial charge in [0, 0.05) is 50.1 Å². The highest BCUT2D eigenvalue weighted by Gasteiger charge is 2.26. The number of amides is 1.